The topological polar surface area (TPSA) is 108 Å². The molecule has 0 saturated carbocycles. The Balaban J connectivity index is 2.32. The lowest BCUT2D eigenvalue weighted by molar-refractivity contribution is -0.122. The van der Waals surface area contributed by atoms with E-state index in [2.05, 4.69) is 4.99 Å². The molecule has 6 nitrogen and oxygen atoms in total. The third-order valence-electron chi connectivity index (χ3n) is 2.95. The number of benzene rings is 2. The Labute approximate surface area is 131 Å². The Hall–Kier alpha value is -2.57. The smallest absolute Gasteiger partial charge is 0.263 e. The zero-order valence-corrected chi connectivity index (χ0v) is 12.2. The van der Waals surface area contributed by atoms with Crippen molar-refractivity contribution in [3.05, 3.63) is 58.6 Å². The fourth-order valence-corrected chi connectivity index (χ4v) is 1.95. The van der Waals surface area contributed by atoms with Crippen LogP contribution in [0.3, 0.4) is 0 Å². The Morgan fingerprint density at radius 3 is 2.50 bits per heavy atom. The molecule has 5 N–H and O–H groups in total. The van der Waals surface area contributed by atoms with Gasteiger partial charge in [0.1, 0.15) is 11.5 Å². The van der Waals surface area contributed by atoms with Crippen LogP contribution in [0.4, 0.5) is 0 Å². The summed E-state index contributed by atoms with van der Waals surface area (Å²) in [7, 11) is 0. The molecule has 0 saturated heterocycles. The molecule has 1 atom stereocenters. The second-order valence-electron chi connectivity index (χ2n) is 4.48. The summed E-state index contributed by atoms with van der Waals surface area (Å²) in [6.07, 6.45) is 1.34. The van der Waals surface area contributed by atoms with Crippen LogP contribution in [0.1, 0.15) is 17.2 Å². The quantitative estimate of drug-likeness (QED) is 0.299. The van der Waals surface area contributed by atoms with Gasteiger partial charge >= 0.3 is 0 Å². The predicted octanol–water partition coefficient (Wildman–Crippen LogP) is 1.90. The van der Waals surface area contributed by atoms with Gasteiger partial charge in [-0.1, -0.05) is 23.7 Å². The van der Waals surface area contributed by atoms with Crippen LogP contribution in [0.25, 0.3) is 0 Å². The molecule has 114 valence electrons. The van der Waals surface area contributed by atoms with Gasteiger partial charge in [-0.25, -0.2) is 5.84 Å². The number of hydrogen-bond acceptors (Lipinski definition) is 5. The summed E-state index contributed by atoms with van der Waals surface area (Å²) in [6.45, 7) is 0. The second kappa shape index (κ2) is 6.93. The molecule has 0 aliphatic carbocycles. The van der Waals surface area contributed by atoms with Gasteiger partial charge in [-0.15, -0.1) is 0 Å². The van der Waals surface area contributed by atoms with Gasteiger partial charge in [0, 0.05) is 22.9 Å². The van der Waals surface area contributed by atoms with E-state index >= 15 is 0 Å². The molecule has 2 aromatic carbocycles. The van der Waals surface area contributed by atoms with Gasteiger partial charge in [-0.2, -0.15) is 0 Å². The summed E-state index contributed by atoms with van der Waals surface area (Å²) in [6, 6.07) is 9.79. The molecular weight excluding hydrogens is 306 g/mol. The van der Waals surface area contributed by atoms with Gasteiger partial charge in [0.15, 0.2) is 6.04 Å². The monoisotopic (exact) mass is 319 g/mol. The van der Waals surface area contributed by atoms with E-state index in [1.165, 1.54) is 24.4 Å². The highest BCUT2D eigenvalue weighted by atomic mass is 35.5. The van der Waals surface area contributed by atoms with E-state index in [-0.39, 0.29) is 11.5 Å². The van der Waals surface area contributed by atoms with Gasteiger partial charge < -0.3 is 10.2 Å². The van der Waals surface area contributed by atoms with Gasteiger partial charge in [-0.05, 0) is 29.8 Å². The Morgan fingerprint density at radius 2 is 1.91 bits per heavy atom. The number of carbonyl (C=O) groups excluding carboxylic acids is 1. The van der Waals surface area contributed by atoms with Crippen molar-refractivity contribution in [1.82, 2.24) is 5.43 Å². The average molecular weight is 320 g/mol. The molecule has 0 heterocycles. The molecule has 22 heavy (non-hydrogen) atoms. The van der Waals surface area contributed by atoms with Crippen LogP contribution in [0.5, 0.6) is 11.5 Å². The third kappa shape index (κ3) is 3.75. The molecule has 0 aromatic heterocycles. The number of amides is 1. The molecule has 2 aromatic rings. The van der Waals surface area contributed by atoms with Gasteiger partial charge in [0.2, 0.25) is 0 Å². The molecule has 1 amide bonds. The fourth-order valence-electron chi connectivity index (χ4n) is 1.83. The minimum absolute atomic E-state index is 0.0661. The molecule has 2 rings (SSSR count). The minimum Gasteiger partial charge on any atom is -0.508 e. The molecule has 0 fully saturated rings. The number of phenols is 2. The maximum absolute atomic E-state index is 11.9. The number of aliphatic imine (C=N–C) groups is 1. The molecule has 1 unspecified atom stereocenters. The van der Waals surface area contributed by atoms with E-state index in [1.54, 1.807) is 24.3 Å². The van der Waals surface area contributed by atoms with Crippen molar-refractivity contribution in [2.45, 2.75) is 6.04 Å². The maximum Gasteiger partial charge on any atom is 0.263 e. The number of rotatable bonds is 4. The first-order valence-corrected chi connectivity index (χ1v) is 6.70. The van der Waals surface area contributed by atoms with Crippen molar-refractivity contribution in [1.29, 1.82) is 0 Å². The van der Waals surface area contributed by atoms with Crippen LogP contribution in [0.2, 0.25) is 5.02 Å². The number of carbonyl (C=O) groups is 1. The zero-order chi connectivity index (χ0) is 16.1. The molecular formula is C15H14ClN3O3. The summed E-state index contributed by atoms with van der Waals surface area (Å²) in [5, 5.41) is 19.5. The average Bonchev–Trinajstić information content (AvgIpc) is 2.50. The molecule has 0 aliphatic heterocycles. The summed E-state index contributed by atoms with van der Waals surface area (Å²) in [4.78, 5) is 16.0. The summed E-state index contributed by atoms with van der Waals surface area (Å²) >= 11 is 5.82. The Morgan fingerprint density at radius 1 is 1.23 bits per heavy atom. The standard InChI is InChI=1S/C15H14ClN3O3/c16-11-4-1-9(2-5-11)14(15(22)19-17)18-8-10-3-6-12(20)7-13(10)21/h1-8,14,20-21H,17H2,(H,19,22). The van der Waals surface area contributed by atoms with Gasteiger partial charge in [0.25, 0.3) is 5.91 Å². The molecule has 0 aliphatic rings. The summed E-state index contributed by atoms with van der Waals surface area (Å²) in [5.41, 5.74) is 3.01. The zero-order valence-electron chi connectivity index (χ0n) is 11.4. The van der Waals surface area contributed by atoms with Crippen molar-refractivity contribution < 1.29 is 15.0 Å². The molecule has 0 spiro atoms. The molecule has 7 heteroatoms. The lowest BCUT2D eigenvalue weighted by Crippen LogP contribution is -2.34. The number of halogens is 1. The van der Waals surface area contributed by atoms with Crippen LogP contribution in [-0.2, 0) is 4.79 Å². The Kier molecular flexibility index (Phi) is 4.98. The number of nitrogens with two attached hydrogens (primary N) is 1. The van der Waals surface area contributed by atoms with Crippen molar-refractivity contribution >= 4 is 23.7 Å². The lowest BCUT2D eigenvalue weighted by Gasteiger charge is -2.11. The first kappa shape index (κ1) is 15.8. The van der Waals surface area contributed by atoms with Crippen molar-refractivity contribution in [3.8, 4) is 11.5 Å². The van der Waals surface area contributed by atoms with Crippen LogP contribution in [-0.4, -0.2) is 22.3 Å². The SMILES string of the molecule is NNC(=O)C(N=Cc1ccc(O)cc1O)c1ccc(Cl)cc1. The molecule has 0 bridgehead atoms. The van der Waals surface area contributed by atoms with Crippen LogP contribution in [0.15, 0.2) is 47.5 Å². The lowest BCUT2D eigenvalue weighted by atomic mass is 10.1. The summed E-state index contributed by atoms with van der Waals surface area (Å²) in [5.74, 6) is 4.46. The van der Waals surface area contributed by atoms with Gasteiger partial charge in [-0.3, -0.25) is 15.2 Å². The highest BCUT2D eigenvalue weighted by Gasteiger charge is 2.18. The number of phenolic OH excluding ortho intramolecular Hbond substituents is 2. The highest BCUT2D eigenvalue weighted by molar-refractivity contribution is 6.30. The number of nitrogens with one attached hydrogen (secondary N) is 1. The van der Waals surface area contributed by atoms with E-state index in [0.29, 0.717) is 16.1 Å². The van der Waals surface area contributed by atoms with Crippen molar-refractivity contribution in [3.63, 3.8) is 0 Å². The van der Waals surface area contributed by atoms with E-state index in [1.807, 2.05) is 5.43 Å². The number of aromatic hydroxyl groups is 2. The van der Waals surface area contributed by atoms with Crippen LogP contribution < -0.4 is 11.3 Å². The number of hydrogen-bond donors (Lipinski definition) is 4. The van der Waals surface area contributed by atoms with E-state index in [0.717, 1.165) is 0 Å². The van der Waals surface area contributed by atoms with E-state index in [9.17, 15) is 15.0 Å². The highest BCUT2D eigenvalue weighted by Crippen LogP contribution is 2.23. The minimum atomic E-state index is -0.879. The van der Waals surface area contributed by atoms with Crippen LogP contribution >= 0.6 is 11.6 Å². The first-order valence-electron chi connectivity index (χ1n) is 6.32. The maximum atomic E-state index is 11.9. The first-order chi connectivity index (χ1) is 10.5. The van der Waals surface area contributed by atoms with E-state index < -0.39 is 11.9 Å². The largest absolute Gasteiger partial charge is 0.508 e. The second-order valence-corrected chi connectivity index (χ2v) is 4.92. The van der Waals surface area contributed by atoms with Crippen LogP contribution in [0, 0.1) is 0 Å². The predicted molar refractivity (Wildman–Crippen MR) is 83.9 cm³/mol. The van der Waals surface area contributed by atoms with E-state index in [4.69, 9.17) is 17.4 Å². The van der Waals surface area contributed by atoms with Crippen molar-refractivity contribution in [2.75, 3.05) is 0 Å². The van der Waals surface area contributed by atoms with Gasteiger partial charge in [0.05, 0.1) is 0 Å². The fraction of sp³-hybridized carbons (Fsp3) is 0.0667. The molecule has 0 radical (unpaired) electrons. The summed E-state index contributed by atoms with van der Waals surface area (Å²) < 4.78 is 0. The number of nitrogens with zero attached hydrogens (tertiary/aromatic N) is 1. The third-order valence-corrected chi connectivity index (χ3v) is 3.21. The normalized spacial score (nSPS) is 12.3. The van der Waals surface area contributed by atoms with Crippen molar-refractivity contribution in [2.24, 2.45) is 10.8 Å². The number of hydrazine groups is 1. The Bertz CT molecular complexity index is 702.